The number of anilines is 2. The van der Waals surface area contributed by atoms with Gasteiger partial charge in [0.15, 0.2) is 5.82 Å². The van der Waals surface area contributed by atoms with Crippen molar-refractivity contribution in [3.63, 3.8) is 0 Å². The molecule has 2 amide bonds. The second kappa shape index (κ2) is 9.01. The molecule has 7 nitrogen and oxygen atoms in total. The maximum atomic E-state index is 13.2. The molecule has 0 unspecified atom stereocenters. The molecule has 0 aliphatic carbocycles. The van der Waals surface area contributed by atoms with Crippen LogP contribution in [0.4, 0.5) is 17.2 Å². The molecule has 0 bridgehead atoms. The highest BCUT2D eigenvalue weighted by atomic mass is 16.5. The Labute approximate surface area is 186 Å². The lowest BCUT2D eigenvalue weighted by Gasteiger charge is -2.20. The van der Waals surface area contributed by atoms with E-state index in [-0.39, 0.29) is 24.8 Å². The molecule has 2 heterocycles. The van der Waals surface area contributed by atoms with Gasteiger partial charge in [0.25, 0.3) is 0 Å². The van der Waals surface area contributed by atoms with Crippen molar-refractivity contribution in [1.29, 1.82) is 0 Å². The summed E-state index contributed by atoms with van der Waals surface area (Å²) >= 11 is 0. The Bertz CT molecular complexity index is 1200. The molecular weight excluding hydrogens is 404 g/mol. The number of ether oxygens (including phenoxy) is 1. The smallest absolute Gasteiger partial charge is 0.244 e. The SMILES string of the molecule is COc1ccc(C2=Nc3cccnc3N(CC(=O)Nc3ccc(C)c(C)c3)C(=O)C2)cc1. The highest BCUT2D eigenvalue weighted by molar-refractivity contribution is 6.18. The van der Waals surface area contributed by atoms with Crippen molar-refractivity contribution >= 4 is 34.7 Å². The minimum atomic E-state index is -0.300. The van der Waals surface area contributed by atoms with Crippen molar-refractivity contribution in [1.82, 2.24) is 4.98 Å². The second-order valence-corrected chi connectivity index (χ2v) is 7.64. The maximum absolute atomic E-state index is 13.2. The van der Waals surface area contributed by atoms with Crippen LogP contribution in [0.1, 0.15) is 23.1 Å². The summed E-state index contributed by atoms with van der Waals surface area (Å²) in [6, 6.07) is 16.6. The Morgan fingerprint density at radius 2 is 1.88 bits per heavy atom. The first-order chi connectivity index (χ1) is 15.4. The van der Waals surface area contributed by atoms with E-state index in [0.717, 1.165) is 22.4 Å². The van der Waals surface area contributed by atoms with Crippen LogP contribution in [0, 0.1) is 13.8 Å². The fraction of sp³-hybridized carbons (Fsp3) is 0.200. The van der Waals surface area contributed by atoms with Gasteiger partial charge in [0.1, 0.15) is 18.0 Å². The lowest BCUT2D eigenvalue weighted by atomic mass is 10.1. The Morgan fingerprint density at radius 1 is 1.09 bits per heavy atom. The Balaban J connectivity index is 1.59. The number of nitrogens with zero attached hydrogens (tertiary/aromatic N) is 3. The van der Waals surface area contributed by atoms with Crippen LogP contribution in [0.2, 0.25) is 0 Å². The molecule has 0 spiro atoms. The van der Waals surface area contributed by atoms with Gasteiger partial charge in [-0.2, -0.15) is 0 Å². The third-order valence-electron chi connectivity index (χ3n) is 5.41. The van der Waals surface area contributed by atoms with E-state index in [1.807, 2.05) is 56.3 Å². The van der Waals surface area contributed by atoms with Crippen LogP contribution in [0.15, 0.2) is 65.8 Å². The molecule has 162 valence electrons. The van der Waals surface area contributed by atoms with E-state index >= 15 is 0 Å². The summed E-state index contributed by atoms with van der Waals surface area (Å²) in [6.45, 7) is 3.85. The third-order valence-corrected chi connectivity index (χ3v) is 5.41. The average molecular weight is 428 g/mol. The van der Waals surface area contributed by atoms with Gasteiger partial charge >= 0.3 is 0 Å². The highest BCUT2D eigenvalue weighted by Gasteiger charge is 2.27. The normalized spacial score (nSPS) is 13.2. The predicted molar refractivity (Wildman–Crippen MR) is 125 cm³/mol. The number of hydrogen-bond donors (Lipinski definition) is 1. The van der Waals surface area contributed by atoms with E-state index in [2.05, 4.69) is 10.3 Å². The van der Waals surface area contributed by atoms with E-state index < -0.39 is 0 Å². The quantitative estimate of drug-likeness (QED) is 0.660. The summed E-state index contributed by atoms with van der Waals surface area (Å²) in [7, 11) is 1.60. The van der Waals surface area contributed by atoms with Gasteiger partial charge in [0.05, 0.1) is 19.2 Å². The van der Waals surface area contributed by atoms with Crippen LogP contribution < -0.4 is 15.0 Å². The van der Waals surface area contributed by atoms with Gasteiger partial charge in [0.2, 0.25) is 11.8 Å². The average Bonchev–Trinajstić information content (AvgIpc) is 2.93. The summed E-state index contributed by atoms with van der Waals surface area (Å²) in [5, 5.41) is 2.87. The fourth-order valence-electron chi connectivity index (χ4n) is 3.50. The topological polar surface area (TPSA) is 83.9 Å². The van der Waals surface area contributed by atoms with Crippen LogP contribution in [0.3, 0.4) is 0 Å². The highest BCUT2D eigenvalue weighted by Crippen LogP contribution is 2.31. The minimum absolute atomic E-state index is 0.0552. The molecule has 1 aromatic heterocycles. The molecule has 4 rings (SSSR count). The molecule has 3 aromatic rings. The number of rotatable bonds is 5. The number of carbonyl (C=O) groups excluding carboxylic acids is 2. The van der Waals surface area contributed by atoms with E-state index in [4.69, 9.17) is 9.73 Å². The molecule has 0 atom stereocenters. The molecule has 2 aromatic carbocycles. The van der Waals surface area contributed by atoms with Crippen LogP contribution >= 0.6 is 0 Å². The lowest BCUT2D eigenvalue weighted by Crippen LogP contribution is -2.39. The van der Waals surface area contributed by atoms with E-state index in [1.54, 1.807) is 25.4 Å². The Morgan fingerprint density at radius 3 is 2.59 bits per heavy atom. The van der Waals surface area contributed by atoms with E-state index in [9.17, 15) is 9.59 Å². The number of aromatic nitrogens is 1. The molecule has 7 heteroatoms. The molecular formula is C25H24N4O3. The van der Waals surface area contributed by atoms with Crippen LogP contribution in [0.25, 0.3) is 0 Å². The summed E-state index contributed by atoms with van der Waals surface area (Å²) in [5.74, 6) is 0.551. The van der Waals surface area contributed by atoms with Crippen LogP contribution in [-0.2, 0) is 9.59 Å². The summed E-state index contributed by atoms with van der Waals surface area (Å²) in [5.41, 5.74) is 4.89. The van der Waals surface area contributed by atoms with Crippen molar-refractivity contribution < 1.29 is 14.3 Å². The van der Waals surface area contributed by atoms with Gasteiger partial charge in [-0.05, 0) is 79.1 Å². The monoisotopic (exact) mass is 428 g/mol. The number of methoxy groups -OCH3 is 1. The summed E-state index contributed by atoms with van der Waals surface area (Å²) < 4.78 is 5.21. The van der Waals surface area contributed by atoms with Gasteiger partial charge in [-0.1, -0.05) is 6.07 Å². The van der Waals surface area contributed by atoms with E-state index in [0.29, 0.717) is 22.9 Å². The number of pyridine rings is 1. The first-order valence-electron chi connectivity index (χ1n) is 10.3. The van der Waals surface area contributed by atoms with Crippen molar-refractivity contribution in [3.05, 3.63) is 77.5 Å². The number of amides is 2. The van der Waals surface area contributed by atoms with Gasteiger partial charge in [-0.3, -0.25) is 14.5 Å². The molecule has 1 aliphatic rings. The summed E-state index contributed by atoms with van der Waals surface area (Å²) in [4.78, 5) is 36.4. The molecule has 32 heavy (non-hydrogen) atoms. The van der Waals surface area contributed by atoms with Gasteiger partial charge in [-0.15, -0.1) is 0 Å². The predicted octanol–water partition coefficient (Wildman–Crippen LogP) is 4.20. The maximum Gasteiger partial charge on any atom is 0.244 e. The van der Waals surface area contributed by atoms with Crippen LogP contribution in [0.5, 0.6) is 5.75 Å². The van der Waals surface area contributed by atoms with Crippen molar-refractivity contribution in [2.45, 2.75) is 20.3 Å². The molecule has 1 aliphatic heterocycles. The fourth-order valence-corrected chi connectivity index (χ4v) is 3.50. The Hall–Kier alpha value is -4.00. The molecule has 1 N–H and O–H groups in total. The third kappa shape index (κ3) is 4.51. The zero-order chi connectivity index (χ0) is 22.7. The van der Waals surface area contributed by atoms with E-state index in [1.165, 1.54) is 4.90 Å². The first kappa shape index (κ1) is 21.2. The van der Waals surface area contributed by atoms with Crippen LogP contribution in [-0.4, -0.2) is 36.2 Å². The molecule has 0 fully saturated rings. The first-order valence-corrected chi connectivity index (χ1v) is 10.3. The zero-order valence-electron chi connectivity index (χ0n) is 18.3. The Kier molecular flexibility index (Phi) is 5.98. The standard InChI is InChI=1S/C25H24N4O3/c1-16-6-9-19(13-17(16)2)27-23(30)15-29-24(31)14-22(18-7-10-20(32-3)11-8-18)28-21-5-4-12-26-25(21)29/h4-13H,14-15H2,1-3H3,(H,27,30). The van der Waals surface area contributed by atoms with Gasteiger partial charge < -0.3 is 10.1 Å². The molecule has 0 radical (unpaired) electrons. The second-order valence-electron chi connectivity index (χ2n) is 7.64. The number of aryl methyl sites for hydroxylation is 2. The summed E-state index contributed by atoms with van der Waals surface area (Å²) in [6.07, 6.45) is 1.65. The van der Waals surface area contributed by atoms with Gasteiger partial charge in [0, 0.05) is 11.9 Å². The lowest BCUT2D eigenvalue weighted by molar-refractivity contribution is -0.120. The molecule has 0 saturated carbocycles. The van der Waals surface area contributed by atoms with Crippen molar-refractivity contribution in [2.75, 3.05) is 23.9 Å². The number of fused-ring (bicyclic) bond motifs is 1. The van der Waals surface area contributed by atoms with Gasteiger partial charge in [-0.25, -0.2) is 9.98 Å². The number of benzene rings is 2. The van der Waals surface area contributed by atoms with Crippen molar-refractivity contribution in [3.8, 4) is 5.75 Å². The van der Waals surface area contributed by atoms with Crippen molar-refractivity contribution in [2.24, 2.45) is 4.99 Å². The largest absolute Gasteiger partial charge is 0.497 e. The number of carbonyl (C=O) groups is 2. The number of nitrogens with one attached hydrogen (secondary N) is 1. The molecule has 0 saturated heterocycles. The zero-order valence-corrected chi connectivity index (χ0v) is 18.3. The number of hydrogen-bond acceptors (Lipinski definition) is 5. The minimum Gasteiger partial charge on any atom is -0.497 e. The number of aliphatic imine (C=N–C) groups is 1.